The second-order valence-electron chi connectivity index (χ2n) is 7.57. The molecule has 1 aliphatic carbocycles. The van der Waals surface area contributed by atoms with Crippen LogP contribution in [0.2, 0.25) is 0 Å². The topological polar surface area (TPSA) is 94.3 Å². The summed E-state index contributed by atoms with van der Waals surface area (Å²) in [7, 11) is 1.62. The highest BCUT2D eigenvalue weighted by Gasteiger charge is 2.51. The van der Waals surface area contributed by atoms with E-state index in [1.165, 1.54) is 0 Å². The highest BCUT2D eigenvalue weighted by atomic mass is 16.5. The summed E-state index contributed by atoms with van der Waals surface area (Å²) in [6.07, 6.45) is 1.61. The van der Waals surface area contributed by atoms with Crippen molar-refractivity contribution in [2.75, 3.05) is 12.4 Å². The van der Waals surface area contributed by atoms with Gasteiger partial charge in [-0.3, -0.25) is 9.59 Å². The number of ether oxygens (including phenoxy) is 1. The summed E-state index contributed by atoms with van der Waals surface area (Å²) >= 11 is 0. The molecule has 2 amide bonds. The average molecular weight is 401 g/mol. The maximum Gasteiger partial charge on any atom is 0.248 e. The van der Waals surface area contributed by atoms with Gasteiger partial charge >= 0.3 is 0 Å². The van der Waals surface area contributed by atoms with Gasteiger partial charge in [-0.1, -0.05) is 30.3 Å². The quantitative estimate of drug-likeness (QED) is 0.656. The van der Waals surface area contributed by atoms with Crippen molar-refractivity contribution < 1.29 is 14.3 Å². The predicted molar refractivity (Wildman–Crippen MR) is 115 cm³/mol. The van der Waals surface area contributed by atoms with Crippen molar-refractivity contribution in [2.24, 2.45) is 5.73 Å². The second-order valence-corrected chi connectivity index (χ2v) is 7.57. The highest BCUT2D eigenvalue weighted by molar-refractivity contribution is 6.01. The van der Waals surface area contributed by atoms with E-state index in [0.29, 0.717) is 11.4 Å². The van der Waals surface area contributed by atoms with Crippen molar-refractivity contribution in [3.63, 3.8) is 0 Å². The van der Waals surface area contributed by atoms with Gasteiger partial charge in [-0.05, 0) is 61.2 Å². The maximum atomic E-state index is 13.1. The van der Waals surface area contributed by atoms with Gasteiger partial charge in [-0.25, -0.2) is 4.98 Å². The number of hydrogen-bond donors (Lipinski definition) is 2. The Bertz CT molecular complexity index is 1100. The third-order valence-electron chi connectivity index (χ3n) is 5.61. The lowest BCUT2D eigenvalue weighted by Crippen LogP contribution is -2.28. The average Bonchev–Trinajstić information content (AvgIpc) is 3.57. The molecule has 152 valence electrons. The minimum Gasteiger partial charge on any atom is -0.497 e. The Hall–Kier alpha value is -3.67. The van der Waals surface area contributed by atoms with Crippen LogP contribution in [0.25, 0.3) is 11.3 Å². The van der Waals surface area contributed by atoms with Gasteiger partial charge < -0.3 is 15.8 Å². The van der Waals surface area contributed by atoms with E-state index in [4.69, 9.17) is 10.5 Å². The molecule has 1 aromatic heterocycles. The number of hydrogen-bond acceptors (Lipinski definition) is 4. The first-order valence-electron chi connectivity index (χ1n) is 9.77. The lowest BCUT2D eigenvalue weighted by atomic mass is 9.95. The third-order valence-corrected chi connectivity index (χ3v) is 5.61. The summed E-state index contributed by atoms with van der Waals surface area (Å²) in [6.45, 7) is 1.95. The molecule has 0 unspecified atom stereocenters. The number of primary amides is 1. The number of aryl methyl sites for hydroxylation is 1. The molecule has 0 atom stereocenters. The van der Waals surface area contributed by atoms with Crippen LogP contribution in [0.5, 0.6) is 5.75 Å². The van der Waals surface area contributed by atoms with E-state index in [9.17, 15) is 9.59 Å². The van der Waals surface area contributed by atoms with Gasteiger partial charge in [0.1, 0.15) is 11.6 Å². The lowest BCUT2D eigenvalue weighted by molar-refractivity contribution is -0.118. The number of anilines is 1. The van der Waals surface area contributed by atoms with Gasteiger partial charge in [0.15, 0.2) is 0 Å². The van der Waals surface area contributed by atoms with E-state index in [-0.39, 0.29) is 5.91 Å². The van der Waals surface area contributed by atoms with Gasteiger partial charge in [-0.2, -0.15) is 0 Å². The van der Waals surface area contributed by atoms with Crippen molar-refractivity contribution in [1.82, 2.24) is 4.98 Å². The van der Waals surface area contributed by atoms with Gasteiger partial charge in [0.2, 0.25) is 11.8 Å². The summed E-state index contributed by atoms with van der Waals surface area (Å²) in [5.74, 6) is 0.737. The number of aromatic nitrogens is 1. The minimum absolute atomic E-state index is 0.0564. The molecule has 30 heavy (non-hydrogen) atoms. The van der Waals surface area contributed by atoms with Crippen molar-refractivity contribution >= 4 is 17.6 Å². The van der Waals surface area contributed by atoms with E-state index in [2.05, 4.69) is 10.3 Å². The molecule has 0 radical (unpaired) electrons. The highest BCUT2D eigenvalue weighted by Crippen LogP contribution is 2.49. The maximum absolute atomic E-state index is 13.1. The van der Waals surface area contributed by atoms with Crippen LogP contribution < -0.4 is 15.8 Å². The fourth-order valence-electron chi connectivity index (χ4n) is 3.60. The monoisotopic (exact) mass is 401 g/mol. The molecule has 2 aromatic carbocycles. The molecule has 3 aromatic rings. The number of nitrogens with zero attached hydrogens (tertiary/aromatic N) is 1. The summed E-state index contributed by atoms with van der Waals surface area (Å²) in [5, 5.41) is 2.98. The molecule has 6 nitrogen and oxygen atoms in total. The Kier molecular flexibility index (Phi) is 4.99. The number of nitrogens with one attached hydrogen (secondary N) is 1. The zero-order valence-corrected chi connectivity index (χ0v) is 16.9. The van der Waals surface area contributed by atoms with Crippen molar-refractivity contribution in [3.05, 3.63) is 77.4 Å². The minimum atomic E-state index is -0.512. The largest absolute Gasteiger partial charge is 0.497 e. The molecule has 0 spiro atoms. The van der Waals surface area contributed by atoms with E-state index >= 15 is 0 Å². The third kappa shape index (κ3) is 3.64. The summed E-state index contributed by atoms with van der Waals surface area (Å²) in [4.78, 5) is 29.0. The van der Waals surface area contributed by atoms with Crippen LogP contribution in [0.3, 0.4) is 0 Å². The molecule has 0 saturated heterocycles. The Labute approximate surface area is 175 Å². The number of carbonyl (C=O) groups excluding carboxylic acids is 2. The van der Waals surface area contributed by atoms with Crippen LogP contribution in [-0.4, -0.2) is 23.9 Å². The Morgan fingerprint density at radius 1 is 1.00 bits per heavy atom. The standard InChI is InChI=1S/C24H23N3O3/c1-15-3-12-20(26-21(15)16-4-6-17(7-5-16)22(25)28)27-23(29)24(13-14-24)18-8-10-19(30-2)11-9-18/h3-12H,13-14H2,1-2H3,(H2,25,28)(H,26,27,29). The summed E-state index contributed by atoms with van der Waals surface area (Å²) < 4.78 is 5.21. The lowest BCUT2D eigenvalue weighted by Gasteiger charge is -2.17. The number of benzene rings is 2. The van der Waals surface area contributed by atoms with Crippen LogP contribution in [0, 0.1) is 6.92 Å². The van der Waals surface area contributed by atoms with Gasteiger partial charge in [0.25, 0.3) is 0 Å². The van der Waals surface area contributed by atoms with Gasteiger partial charge in [0.05, 0.1) is 18.2 Å². The Morgan fingerprint density at radius 3 is 2.23 bits per heavy atom. The smallest absolute Gasteiger partial charge is 0.248 e. The normalized spacial score (nSPS) is 14.1. The van der Waals surface area contributed by atoms with Gasteiger partial charge in [-0.15, -0.1) is 0 Å². The van der Waals surface area contributed by atoms with E-state index in [0.717, 1.165) is 41.0 Å². The second kappa shape index (κ2) is 7.63. The van der Waals surface area contributed by atoms with E-state index < -0.39 is 11.3 Å². The molecule has 3 N–H and O–H groups in total. The summed E-state index contributed by atoms with van der Waals surface area (Å²) in [5.41, 5.74) is 8.79. The first-order valence-corrected chi connectivity index (χ1v) is 9.77. The number of amides is 2. The summed E-state index contributed by atoms with van der Waals surface area (Å²) in [6, 6.07) is 18.3. The van der Waals surface area contributed by atoms with Crippen LogP contribution in [0.1, 0.15) is 34.3 Å². The van der Waals surface area contributed by atoms with E-state index in [1.807, 2.05) is 37.3 Å². The first kappa shape index (κ1) is 19.6. The number of pyridine rings is 1. The first-order chi connectivity index (χ1) is 14.4. The molecule has 6 heteroatoms. The van der Waals surface area contributed by atoms with E-state index in [1.54, 1.807) is 37.4 Å². The zero-order valence-electron chi connectivity index (χ0n) is 16.9. The Morgan fingerprint density at radius 2 is 1.67 bits per heavy atom. The van der Waals surface area contributed by atoms with Gasteiger partial charge in [0, 0.05) is 11.1 Å². The molecular weight excluding hydrogens is 378 g/mol. The van der Waals surface area contributed by atoms with Crippen LogP contribution >= 0.6 is 0 Å². The number of carbonyl (C=O) groups is 2. The van der Waals surface area contributed by atoms with Crippen LogP contribution in [0.4, 0.5) is 5.82 Å². The number of methoxy groups -OCH3 is 1. The van der Waals surface area contributed by atoms with Crippen molar-refractivity contribution in [1.29, 1.82) is 0 Å². The number of nitrogens with two attached hydrogens (primary N) is 1. The van der Waals surface area contributed by atoms with Crippen LogP contribution in [0.15, 0.2) is 60.7 Å². The molecule has 1 aliphatic rings. The predicted octanol–water partition coefficient (Wildman–Crippen LogP) is 3.83. The van der Waals surface area contributed by atoms with Crippen molar-refractivity contribution in [3.8, 4) is 17.0 Å². The molecule has 1 saturated carbocycles. The fourth-order valence-corrected chi connectivity index (χ4v) is 3.60. The molecule has 1 fully saturated rings. The molecule has 0 aliphatic heterocycles. The zero-order chi connectivity index (χ0) is 21.3. The Balaban J connectivity index is 1.57. The molecule has 1 heterocycles. The number of rotatable bonds is 6. The molecular formula is C24H23N3O3. The SMILES string of the molecule is COc1ccc(C2(C(=O)Nc3ccc(C)c(-c4ccc(C(N)=O)cc4)n3)CC2)cc1. The molecule has 4 rings (SSSR count). The molecule has 0 bridgehead atoms. The van der Waals surface area contributed by atoms with Crippen LogP contribution in [-0.2, 0) is 10.2 Å². The fraction of sp³-hybridized carbons (Fsp3) is 0.208. The van der Waals surface area contributed by atoms with Crippen molar-refractivity contribution in [2.45, 2.75) is 25.2 Å².